The Kier molecular flexibility index (Phi) is 6.78. The van der Waals surface area contributed by atoms with Crippen molar-refractivity contribution in [2.75, 3.05) is 32.8 Å². The zero-order chi connectivity index (χ0) is 26.1. The Labute approximate surface area is 222 Å². The van der Waals surface area contributed by atoms with Crippen molar-refractivity contribution in [2.45, 2.75) is 37.8 Å². The van der Waals surface area contributed by atoms with Gasteiger partial charge in [-0.2, -0.15) is 0 Å². The predicted molar refractivity (Wildman–Crippen MR) is 140 cm³/mol. The number of rotatable bonds is 7. The summed E-state index contributed by atoms with van der Waals surface area (Å²) in [6, 6.07) is 18.4. The molecule has 4 aliphatic rings. The van der Waals surface area contributed by atoms with Crippen LogP contribution in [0.2, 0.25) is 0 Å². The van der Waals surface area contributed by atoms with E-state index in [4.69, 9.17) is 9.47 Å². The summed E-state index contributed by atoms with van der Waals surface area (Å²) in [5, 5.41) is 3.13. The molecule has 3 aromatic carbocycles. The molecule has 1 amide bonds. The lowest BCUT2D eigenvalue weighted by Crippen LogP contribution is -2.67. The van der Waals surface area contributed by atoms with Crippen molar-refractivity contribution < 1.29 is 27.5 Å². The van der Waals surface area contributed by atoms with Gasteiger partial charge in [0.05, 0.1) is 38.8 Å². The Balaban J connectivity index is 1.13. The van der Waals surface area contributed by atoms with Gasteiger partial charge >= 0.3 is 6.09 Å². The minimum atomic E-state index is -0.908. The number of ether oxygens (including phenoxy) is 2. The van der Waals surface area contributed by atoms with Crippen LogP contribution in [0.1, 0.15) is 41.2 Å². The number of nitrogens with one attached hydrogen (secondary N) is 1. The van der Waals surface area contributed by atoms with E-state index in [-0.39, 0.29) is 6.04 Å². The van der Waals surface area contributed by atoms with E-state index in [2.05, 4.69) is 23.5 Å². The third-order valence-corrected chi connectivity index (χ3v) is 8.56. The maximum absolute atomic E-state index is 14.0. The quantitative estimate of drug-likeness (QED) is 0.416. The van der Waals surface area contributed by atoms with Crippen LogP contribution < -0.4 is 10.1 Å². The van der Waals surface area contributed by atoms with Gasteiger partial charge in [-0.3, -0.25) is 0 Å². The number of alkyl carbamates (subject to hydrolysis) is 1. The minimum absolute atomic E-state index is 0.0130. The second kappa shape index (κ2) is 10.4. The highest BCUT2D eigenvalue weighted by Crippen LogP contribution is 2.35. The fourth-order valence-electron chi connectivity index (χ4n) is 6.49. The van der Waals surface area contributed by atoms with Crippen LogP contribution in [0.3, 0.4) is 0 Å². The Morgan fingerprint density at radius 3 is 2.39 bits per heavy atom. The zero-order valence-electron chi connectivity index (χ0n) is 21.4. The first-order valence-corrected chi connectivity index (χ1v) is 13.5. The van der Waals surface area contributed by atoms with Crippen molar-refractivity contribution in [3.05, 3.63) is 101 Å². The maximum Gasteiger partial charge on any atom is 0.408 e. The molecular weight excluding hydrogens is 486 g/mol. The summed E-state index contributed by atoms with van der Waals surface area (Å²) >= 11 is 0. The van der Waals surface area contributed by atoms with Gasteiger partial charge in [-0.05, 0) is 58.5 Å². The second-order valence-corrected chi connectivity index (χ2v) is 11.0. The van der Waals surface area contributed by atoms with Crippen LogP contribution >= 0.6 is 0 Å². The lowest BCUT2D eigenvalue weighted by atomic mass is 9.81. The van der Waals surface area contributed by atoms with Crippen molar-refractivity contribution in [2.24, 2.45) is 5.92 Å². The molecular formula is C31H33F2N2O3+. The van der Waals surface area contributed by atoms with E-state index >= 15 is 0 Å². The summed E-state index contributed by atoms with van der Waals surface area (Å²) < 4.78 is 40.5. The number of fused-ring (bicyclic) bond motifs is 4. The lowest BCUT2D eigenvalue weighted by molar-refractivity contribution is -0.943. The normalized spacial score (nSPS) is 23.7. The molecule has 3 fully saturated rings. The predicted octanol–water partition coefficient (Wildman–Crippen LogP) is 5.57. The maximum atomic E-state index is 14.0. The molecule has 0 aliphatic carbocycles. The first kappa shape index (κ1) is 24.9. The highest BCUT2D eigenvalue weighted by molar-refractivity contribution is 5.68. The summed E-state index contributed by atoms with van der Waals surface area (Å²) in [5.41, 5.74) is 3.56. The fourth-order valence-corrected chi connectivity index (χ4v) is 6.49. The Hall–Kier alpha value is -3.45. The molecule has 4 heterocycles. The molecule has 198 valence electrons. The molecule has 38 heavy (non-hydrogen) atoms. The number of piperidine rings is 3. The summed E-state index contributed by atoms with van der Waals surface area (Å²) in [6.45, 7) is 4.93. The molecule has 0 saturated carbocycles. The van der Waals surface area contributed by atoms with E-state index in [1.165, 1.54) is 35.4 Å². The first-order chi connectivity index (χ1) is 18.5. The number of carbonyl (C=O) groups is 1. The molecule has 1 atom stereocenters. The van der Waals surface area contributed by atoms with Crippen LogP contribution in [0.15, 0.2) is 66.7 Å². The van der Waals surface area contributed by atoms with Gasteiger partial charge in [0.25, 0.3) is 0 Å². The van der Waals surface area contributed by atoms with Crippen LogP contribution in [0, 0.1) is 17.6 Å². The third-order valence-electron chi connectivity index (χ3n) is 8.56. The Morgan fingerprint density at radius 2 is 1.71 bits per heavy atom. The zero-order valence-corrected chi connectivity index (χ0v) is 21.4. The van der Waals surface area contributed by atoms with Gasteiger partial charge < -0.3 is 19.3 Å². The van der Waals surface area contributed by atoms with E-state index in [1.54, 1.807) is 24.3 Å². The second-order valence-electron chi connectivity index (χ2n) is 11.0. The Morgan fingerprint density at radius 1 is 1.00 bits per heavy atom. The van der Waals surface area contributed by atoms with Gasteiger partial charge in [0, 0.05) is 25.7 Å². The van der Waals surface area contributed by atoms with Gasteiger partial charge in [-0.15, -0.1) is 0 Å². The minimum Gasteiger partial charge on any atom is -0.493 e. The molecule has 3 aromatic rings. The number of halogens is 2. The lowest BCUT2D eigenvalue weighted by Gasteiger charge is -2.52. The van der Waals surface area contributed by atoms with Crippen LogP contribution in [0.25, 0.3) is 0 Å². The van der Waals surface area contributed by atoms with Crippen LogP contribution in [0.5, 0.6) is 5.75 Å². The van der Waals surface area contributed by atoms with Crippen molar-refractivity contribution in [3.63, 3.8) is 0 Å². The van der Waals surface area contributed by atoms with E-state index in [1.807, 2.05) is 0 Å². The standard InChI is InChI=1S/C31H32F2N2O3/c32-26-5-1-3-24(18-26)30(25-4-2-6-27(33)19-25)38-31(36)34-28-20-35(14-10-22(28)11-15-35)13-9-21-7-8-29-23(17-21)12-16-37-29/h1-8,17-19,22,28,30H,9-16,20H2/p+1/t22?,28-,35?/m0/s1. The summed E-state index contributed by atoms with van der Waals surface area (Å²) in [7, 11) is 0. The van der Waals surface area contributed by atoms with Gasteiger partial charge in [0.1, 0.15) is 17.4 Å². The Bertz CT molecular complexity index is 1280. The van der Waals surface area contributed by atoms with E-state index < -0.39 is 23.8 Å². The molecule has 3 saturated heterocycles. The van der Waals surface area contributed by atoms with E-state index in [9.17, 15) is 13.6 Å². The van der Waals surface area contributed by atoms with Gasteiger partial charge in [-0.1, -0.05) is 36.4 Å². The van der Waals surface area contributed by atoms with Crippen molar-refractivity contribution in [1.29, 1.82) is 0 Å². The molecule has 0 aromatic heterocycles. The molecule has 1 N–H and O–H groups in total. The fraction of sp³-hybridized carbons (Fsp3) is 0.387. The molecule has 7 heteroatoms. The van der Waals surface area contributed by atoms with Crippen LogP contribution in [-0.4, -0.2) is 49.4 Å². The molecule has 2 bridgehead atoms. The van der Waals surface area contributed by atoms with Crippen LogP contribution in [-0.2, 0) is 17.6 Å². The highest BCUT2D eigenvalue weighted by Gasteiger charge is 2.46. The number of hydrogen-bond donors (Lipinski definition) is 1. The van der Waals surface area contributed by atoms with Crippen molar-refractivity contribution >= 4 is 6.09 Å². The number of benzene rings is 3. The van der Waals surface area contributed by atoms with Crippen molar-refractivity contribution in [3.8, 4) is 5.75 Å². The van der Waals surface area contributed by atoms with Gasteiger partial charge in [-0.25, -0.2) is 13.6 Å². The number of carbonyl (C=O) groups excluding carboxylic acids is 1. The van der Waals surface area contributed by atoms with E-state index in [0.29, 0.717) is 17.0 Å². The van der Waals surface area contributed by atoms with Crippen molar-refractivity contribution in [1.82, 2.24) is 5.32 Å². The molecule has 4 aliphatic heterocycles. The molecule has 0 unspecified atom stereocenters. The molecule has 5 nitrogen and oxygen atoms in total. The molecule has 7 rings (SSSR count). The average molecular weight is 520 g/mol. The number of nitrogens with zero attached hydrogens (tertiary/aromatic N) is 1. The smallest absolute Gasteiger partial charge is 0.408 e. The summed E-state index contributed by atoms with van der Waals surface area (Å²) in [4.78, 5) is 13.2. The highest BCUT2D eigenvalue weighted by atomic mass is 19.1. The van der Waals surface area contributed by atoms with Gasteiger partial charge in [0.15, 0.2) is 6.10 Å². The topological polar surface area (TPSA) is 47.6 Å². The van der Waals surface area contributed by atoms with Crippen LogP contribution in [0.4, 0.5) is 13.6 Å². The summed E-state index contributed by atoms with van der Waals surface area (Å²) in [5.74, 6) is 0.555. The first-order valence-electron chi connectivity index (χ1n) is 13.5. The molecule has 0 radical (unpaired) electrons. The number of amides is 1. The molecule has 0 spiro atoms. The largest absolute Gasteiger partial charge is 0.493 e. The monoisotopic (exact) mass is 519 g/mol. The third kappa shape index (κ3) is 5.25. The number of hydrogen-bond acceptors (Lipinski definition) is 3. The SMILES string of the molecule is O=C(N[C@H]1C[N+]2(CCc3ccc4c(c3)CCO4)CCC1CC2)OC(c1cccc(F)c1)c1cccc(F)c1. The number of quaternary nitrogens is 1. The summed E-state index contributed by atoms with van der Waals surface area (Å²) in [6.07, 6.45) is 2.65. The van der Waals surface area contributed by atoms with Gasteiger partial charge in [0.2, 0.25) is 0 Å². The average Bonchev–Trinajstić information content (AvgIpc) is 3.39. The van der Waals surface area contributed by atoms with E-state index in [0.717, 1.165) is 68.7 Å².